The third-order valence-corrected chi connectivity index (χ3v) is 6.55. The van der Waals surface area contributed by atoms with E-state index >= 15 is 0 Å². The first-order valence-corrected chi connectivity index (χ1v) is 8.71. The molecular formula is C12H13N3O2S3. The summed E-state index contributed by atoms with van der Waals surface area (Å²) in [5.74, 6) is 0. The zero-order valence-corrected chi connectivity index (χ0v) is 13.0. The van der Waals surface area contributed by atoms with E-state index in [1.807, 2.05) is 0 Å². The van der Waals surface area contributed by atoms with E-state index in [-0.39, 0.29) is 4.90 Å². The fraction of sp³-hybridized carbons (Fsp3) is 0.250. The largest absolute Gasteiger partial charge is 0.375 e. The summed E-state index contributed by atoms with van der Waals surface area (Å²) in [7, 11) is -3.53. The minimum Gasteiger partial charge on any atom is -0.375 e. The second kappa shape index (κ2) is 5.03. The average molecular weight is 327 g/mol. The Morgan fingerprint density at radius 2 is 2.10 bits per heavy atom. The van der Waals surface area contributed by atoms with Crippen molar-refractivity contribution in [2.24, 2.45) is 0 Å². The van der Waals surface area contributed by atoms with Crippen LogP contribution in [0.4, 0.5) is 5.13 Å². The second-order valence-electron chi connectivity index (χ2n) is 4.48. The number of anilines is 1. The van der Waals surface area contributed by atoms with E-state index in [1.54, 1.807) is 24.3 Å². The van der Waals surface area contributed by atoms with E-state index in [4.69, 9.17) is 5.73 Å². The van der Waals surface area contributed by atoms with Gasteiger partial charge in [-0.05, 0) is 12.1 Å². The molecule has 0 fully saturated rings. The van der Waals surface area contributed by atoms with Crippen LogP contribution < -0.4 is 5.73 Å². The maximum absolute atomic E-state index is 12.7. The highest BCUT2D eigenvalue weighted by molar-refractivity contribution is 7.90. The van der Waals surface area contributed by atoms with Crippen molar-refractivity contribution in [2.45, 2.75) is 22.8 Å². The van der Waals surface area contributed by atoms with Gasteiger partial charge >= 0.3 is 0 Å². The number of rotatable bonds is 2. The van der Waals surface area contributed by atoms with Crippen molar-refractivity contribution in [3.05, 3.63) is 34.8 Å². The van der Waals surface area contributed by atoms with Gasteiger partial charge in [0.15, 0.2) is 5.13 Å². The molecule has 5 nitrogen and oxygen atoms in total. The molecule has 0 saturated heterocycles. The van der Waals surface area contributed by atoms with Crippen LogP contribution in [0.5, 0.6) is 0 Å². The Morgan fingerprint density at radius 1 is 1.35 bits per heavy atom. The number of thiol groups is 1. The first-order chi connectivity index (χ1) is 9.48. The maximum Gasteiger partial charge on any atom is 0.244 e. The van der Waals surface area contributed by atoms with Gasteiger partial charge in [-0.2, -0.15) is 4.31 Å². The number of benzene rings is 1. The van der Waals surface area contributed by atoms with Crippen LogP contribution in [0.3, 0.4) is 0 Å². The Hall–Kier alpha value is -1.09. The average Bonchev–Trinajstić information content (AvgIpc) is 2.78. The van der Waals surface area contributed by atoms with E-state index in [2.05, 4.69) is 17.6 Å². The second-order valence-corrected chi connectivity index (χ2v) is 7.98. The fourth-order valence-electron chi connectivity index (χ4n) is 2.21. The molecule has 3 rings (SSSR count). The van der Waals surface area contributed by atoms with Gasteiger partial charge in [0.25, 0.3) is 0 Å². The van der Waals surface area contributed by atoms with Crippen molar-refractivity contribution in [1.82, 2.24) is 9.29 Å². The molecule has 0 bridgehead atoms. The van der Waals surface area contributed by atoms with E-state index in [1.165, 1.54) is 15.6 Å². The van der Waals surface area contributed by atoms with Crippen LogP contribution in [0.1, 0.15) is 10.6 Å². The monoisotopic (exact) mass is 327 g/mol. The SMILES string of the molecule is Nc1nc2c(s1)CN(S(=O)(=O)c1ccccc1S)CC2. The van der Waals surface area contributed by atoms with Gasteiger partial charge in [0.05, 0.1) is 17.1 Å². The number of nitrogens with zero attached hydrogens (tertiary/aromatic N) is 2. The lowest BCUT2D eigenvalue weighted by molar-refractivity contribution is 0.392. The molecule has 20 heavy (non-hydrogen) atoms. The summed E-state index contributed by atoms with van der Waals surface area (Å²) in [6.07, 6.45) is 0.594. The van der Waals surface area contributed by atoms with Gasteiger partial charge in [0, 0.05) is 22.7 Å². The topological polar surface area (TPSA) is 76.3 Å². The molecule has 1 aromatic heterocycles. The lowest BCUT2D eigenvalue weighted by Gasteiger charge is -2.25. The molecule has 0 atom stereocenters. The maximum atomic E-state index is 12.7. The van der Waals surface area contributed by atoms with Gasteiger partial charge in [-0.15, -0.1) is 24.0 Å². The lowest BCUT2D eigenvalue weighted by Crippen LogP contribution is -2.35. The first-order valence-electron chi connectivity index (χ1n) is 6.00. The van der Waals surface area contributed by atoms with Gasteiger partial charge in [-0.25, -0.2) is 13.4 Å². The third-order valence-electron chi connectivity index (χ3n) is 3.20. The Balaban J connectivity index is 1.96. The van der Waals surface area contributed by atoms with E-state index in [9.17, 15) is 8.42 Å². The number of nitrogen functional groups attached to an aromatic ring is 1. The number of hydrogen-bond donors (Lipinski definition) is 2. The van der Waals surface area contributed by atoms with Crippen molar-refractivity contribution < 1.29 is 8.42 Å². The summed E-state index contributed by atoms with van der Waals surface area (Å²) in [4.78, 5) is 5.84. The Bertz CT molecular complexity index is 755. The highest BCUT2D eigenvalue weighted by atomic mass is 32.2. The summed E-state index contributed by atoms with van der Waals surface area (Å²) in [5.41, 5.74) is 6.59. The van der Waals surface area contributed by atoms with Crippen LogP contribution in [0.2, 0.25) is 0 Å². The summed E-state index contributed by atoms with van der Waals surface area (Å²) < 4.78 is 26.8. The van der Waals surface area contributed by atoms with Crippen molar-refractivity contribution in [2.75, 3.05) is 12.3 Å². The van der Waals surface area contributed by atoms with Crippen molar-refractivity contribution in [1.29, 1.82) is 0 Å². The molecule has 0 spiro atoms. The van der Waals surface area contributed by atoms with Crippen LogP contribution in [-0.2, 0) is 23.0 Å². The molecule has 0 unspecified atom stereocenters. The number of hydrogen-bond acceptors (Lipinski definition) is 6. The summed E-state index contributed by atoms with van der Waals surface area (Å²) in [6, 6.07) is 6.72. The zero-order chi connectivity index (χ0) is 14.3. The highest BCUT2D eigenvalue weighted by Gasteiger charge is 2.31. The molecule has 0 amide bonds. The number of aromatic nitrogens is 1. The minimum absolute atomic E-state index is 0.240. The molecule has 8 heteroatoms. The molecule has 2 N–H and O–H groups in total. The molecule has 1 aliphatic heterocycles. The van der Waals surface area contributed by atoms with Crippen LogP contribution >= 0.6 is 24.0 Å². The molecular weight excluding hydrogens is 314 g/mol. The number of fused-ring (bicyclic) bond motifs is 1. The smallest absolute Gasteiger partial charge is 0.244 e. The third kappa shape index (κ3) is 2.32. The predicted molar refractivity (Wildman–Crippen MR) is 81.5 cm³/mol. The number of sulfonamides is 1. The quantitative estimate of drug-likeness (QED) is 0.824. The molecule has 1 aliphatic rings. The van der Waals surface area contributed by atoms with E-state index in [0.29, 0.717) is 29.5 Å². The van der Waals surface area contributed by atoms with Gasteiger partial charge in [0.2, 0.25) is 10.0 Å². The van der Waals surface area contributed by atoms with Crippen LogP contribution in [0.15, 0.2) is 34.1 Å². The van der Waals surface area contributed by atoms with Crippen LogP contribution in [0.25, 0.3) is 0 Å². The van der Waals surface area contributed by atoms with Crippen molar-refractivity contribution >= 4 is 39.1 Å². The number of thiazole rings is 1. The van der Waals surface area contributed by atoms with Gasteiger partial charge < -0.3 is 5.73 Å². The van der Waals surface area contributed by atoms with Crippen LogP contribution in [-0.4, -0.2) is 24.3 Å². The van der Waals surface area contributed by atoms with Gasteiger partial charge in [0.1, 0.15) is 0 Å². The van der Waals surface area contributed by atoms with Crippen molar-refractivity contribution in [3.8, 4) is 0 Å². The van der Waals surface area contributed by atoms with Crippen molar-refractivity contribution in [3.63, 3.8) is 0 Å². The molecule has 2 aromatic rings. The first kappa shape index (κ1) is 13.9. The predicted octanol–water partition coefficient (Wildman–Crippen LogP) is 1.76. The molecule has 2 heterocycles. The van der Waals surface area contributed by atoms with E-state index < -0.39 is 10.0 Å². The van der Waals surface area contributed by atoms with Crippen LogP contribution in [0, 0.1) is 0 Å². The molecule has 1 aromatic carbocycles. The van der Waals surface area contributed by atoms with Gasteiger partial charge in [-0.1, -0.05) is 12.1 Å². The standard InChI is InChI=1S/C12H13N3O2S3/c13-12-14-8-5-6-15(7-10(8)19-12)20(16,17)11-4-2-1-3-9(11)18/h1-4,18H,5-7H2,(H2,13,14). The lowest BCUT2D eigenvalue weighted by atomic mass is 10.2. The summed E-state index contributed by atoms with van der Waals surface area (Å²) in [6.45, 7) is 0.745. The summed E-state index contributed by atoms with van der Waals surface area (Å²) in [5, 5.41) is 0.490. The summed E-state index contributed by atoms with van der Waals surface area (Å²) >= 11 is 5.59. The highest BCUT2D eigenvalue weighted by Crippen LogP contribution is 2.31. The minimum atomic E-state index is -3.53. The molecule has 0 saturated carbocycles. The van der Waals surface area contributed by atoms with E-state index in [0.717, 1.165) is 10.6 Å². The molecule has 0 aliphatic carbocycles. The Kier molecular flexibility index (Phi) is 3.49. The molecule has 0 radical (unpaired) electrons. The zero-order valence-electron chi connectivity index (χ0n) is 10.5. The normalized spacial score (nSPS) is 16.1. The fourth-order valence-corrected chi connectivity index (χ4v) is 5.19. The Labute approximate surface area is 126 Å². The van der Waals surface area contributed by atoms with Gasteiger partial charge in [-0.3, -0.25) is 0 Å². The Morgan fingerprint density at radius 3 is 2.85 bits per heavy atom. The molecule has 106 valence electrons. The number of nitrogens with two attached hydrogens (primary N) is 1.